The molecule has 0 radical (unpaired) electrons. The highest BCUT2D eigenvalue weighted by Crippen LogP contribution is 2.24. The Labute approximate surface area is 138 Å². The van der Waals surface area contributed by atoms with Crippen LogP contribution in [0.4, 0.5) is 8.78 Å². The lowest BCUT2D eigenvalue weighted by atomic mass is 9.93. The number of amides is 2. The van der Waals surface area contributed by atoms with Gasteiger partial charge in [0.1, 0.15) is 0 Å². The van der Waals surface area contributed by atoms with Crippen LogP contribution < -0.4 is 5.32 Å². The van der Waals surface area contributed by atoms with E-state index in [2.05, 4.69) is 5.32 Å². The van der Waals surface area contributed by atoms with Crippen molar-refractivity contribution in [2.45, 2.75) is 24.2 Å². The quantitative estimate of drug-likeness (QED) is 0.836. The lowest BCUT2D eigenvalue weighted by Gasteiger charge is -2.31. The molecule has 2 rings (SSSR count). The van der Waals surface area contributed by atoms with Gasteiger partial charge in [-0.3, -0.25) is 9.59 Å². The molecule has 1 aliphatic heterocycles. The molecule has 0 bridgehead atoms. The Kier molecular flexibility index (Phi) is 6.38. The smallest absolute Gasteiger partial charge is 0.232 e. The number of benzene rings is 1. The molecule has 23 heavy (non-hydrogen) atoms. The van der Waals surface area contributed by atoms with Gasteiger partial charge in [0.25, 0.3) is 0 Å². The minimum absolute atomic E-state index is 0.0156. The minimum atomic E-state index is -0.905. The first-order valence-electron chi connectivity index (χ1n) is 7.55. The fourth-order valence-corrected chi connectivity index (χ4v) is 3.38. The van der Waals surface area contributed by atoms with Crippen LogP contribution in [0.1, 0.15) is 19.3 Å². The van der Waals surface area contributed by atoms with Gasteiger partial charge < -0.3 is 10.2 Å². The Morgan fingerprint density at radius 3 is 2.57 bits per heavy atom. The van der Waals surface area contributed by atoms with E-state index in [4.69, 9.17) is 0 Å². The summed E-state index contributed by atoms with van der Waals surface area (Å²) in [4.78, 5) is 25.8. The summed E-state index contributed by atoms with van der Waals surface area (Å²) in [6, 6.07) is 3.63. The Balaban J connectivity index is 1.76. The van der Waals surface area contributed by atoms with E-state index in [9.17, 15) is 18.4 Å². The molecular weight excluding hydrogens is 322 g/mol. The third-order valence-corrected chi connectivity index (χ3v) is 4.95. The lowest BCUT2D eigenvalue weighted by molar-refractivity contribution is -0.129. The molecule has 2 amide bonds. The maximum atomic E-state index is 13.1. The molecule has 1 aliphatic rings. The fourth-order valence-electron chi connectivity index (χ4n) is 2.55. The predicted octanol–water partition coefficient (Wildman–Crippen LogP) is 2.43. The van der Waals surface area contributed by atoms with Crippen molar-refractivity contribution in [3.8, 4) is 0 Å². The summed E-state index contributed by atoms with van der Waals surface area (Å²) < 4.78 is 26.0. The van der Waals surface area contributed by atoms with Gasteiger partial charge in [-0.2, -0.15) is 0 Å². The molecule has 1 saturated heterocycles. The largest absolute Gasteiger partial charge is 0.359 e. The zero-order valence-corrected chi connectivity index (χ0v) is 13.8. The average molecular weight is 342 g/mol. The highest BCUT2D eigenvalue weighted by atomic mass is 32.2. The standard InChI is InChI=1S/C16H20F2N2O2S/c1-19-15(21)8-11-4-6-20(7-5-11)16(22)10-23-12-2-3-13(17)14(18)9-12/h2-3,9,11H,4-8,10H2,1H3,(H,19,21). The summed E-state index contributed by atoms with van der Waals surface area (Å²) in [7, 11) is 1.62. The zero-order chi connectivity index (χ0) is 16.8. The van der Waals surface area contributed by atoms with Crippen molar-refractivity contribution in [3.63, 3.8) is 0 Å². The van der Waals surface area contributed by atoms with Gasteiger partial charge in [-0.15, -0.1) is 11.8 Å². The van der Waals surface area contributed by atoms with E-state index in [1.807, 2.05) is 0 Å². The van der Waals surface area contributed by atoms with Crippen LogP contribution in [-0.4, -0.2) is 42.6 Å². The Morgan fingerprint density at radius 1 is 1.26 bits per heavy atom. The first-order chi connectivity index (χ1) is 11.0. The molecule has 0 aromatic heterocycles. The van der Waals surface area contributed by atoms with Crippen molar-refractivity contribution in [1.29, 1.82) is 0 Å². The Morgan fingerprint density at radius 2 is 1.96 bits per heavy atom. The molecule has 126 valence electrons. The van der Waals surface area contributed by atoms with Crippen LogP contribution >= 0.6 is 11.8 Å². The molecule has 0 saturated carbocycles. The predicted molar refractivity (Wildman–Crippen MR) is 85.1 cm³/mol. The van der Waals surface area contributed by atoms with Gasteiger partial charge in [0.05, 0.1) is 5.75 Å². The summed E-state index contributed by atoms with van der Waals surface area (Å²) in [5.74, 6) is -1.26. The van der Waals surface area contributed by atoms with Gasteiger partial charge in [-0.25, -0.2) is 8.78 Å². The van der Waals surface area contributed by atoms with Crippen molar-refractivity contribution < 1.29 is 18.4 Å². The van der Waals surface area contributed by atoms with Crippen LogP contribution in [0.25, 0.3) is 0 Å². The summed E-state index contributed by atoms with van der Waals surface area (Å²) >= 11 is 1.20. The summed E-state index contributed by atoms with van der Waals surface area (Å²) in [6.45, 7) is 1.28. The van der Waals surface area contributed by atoms with Crippen molar-refractivity contribution >= 4 is 23.6 Å². The third kappa shape index (κ3) is 5.20. The average Bonchev–Trinajstić information content (AvgIpc) is 2.56. The van der Waals surface area contributed by atoms with Crippen molar-refractivity contribution in [2.24, 2.45) is 5.92 Å². The van der Waals surface area contributed by atoms with E-state index < -0.39 is 11.6 Å². The topological polar surface area (TPSA) is 49.4 Å². The number of carbonyl (C=O) groups is 2. The van der Waals surface area contributed by atoms with Gasteiger partial charge in [-0.1, -0.05) is 0 Å². The normalized spacial score (nSPS) is 15.5. The lowest BCUT2D eigenvalue weighted by Crippen LogP contribution is -2.40. The van der Waals surface area contributed by atoms with E-state index in [-0.39, 0.29) is 17.6 Å². The molecule has 0 aliphatic carbocycles. The monoisotopic (exact) mass is 342 g/mol. The second kappa shape index (κ2) is 8.29. The number of rotatable bonds is 5. The highest BCUT2D eigenvalue weighted by Gasteiger charge is 2.24. The summed E-state index contributed by atoms with van der Waals surface area (Å²) in [5.41, 5.74) is 0. The van der Waals surface area contributed by atoms with Gasteiger partial charge in [0.2, 0.25) is 11.8 Å². The second-order valence-electron chi connectivity index (χ2n) is 5.57. The number of nitrogens with zero attached hydrogens (tertiary/aromatic N) is 1. The Hall–Kier alpha value is -1.63. The van der Waals surface area contributed by atoms with Crippen LogP contribution in [0.15, 0.2) is 23.1 Å². The molecule has 0 spiro atoms. The molecule has 4 nitrogen and oxygen atoms in total. The van der Waals surface area contributed by atoms with Crippen LogP contribution in [0.5, 0.6) is 0 Å². The van der Waals surface area contributed by atoms with E-state index in [1.165, 1.54) is 17.8 Å². The number of halogens is 2. The van der Waals surface area contributed by atoms with Gasteiger partial charge in [0.15, 0.2) is 11.6 Å². The number of carbonyl (C=O) groups excluding carboxylic acids is 2. The summed E-state index contributed by atoms with van der Waals surface area (Å²) in [6.07, 6.45) is 2.13. The van der Waals surface area contributed by atoms with Crippen molar-refractivity contribution in [2.75, 3.05) is 25.9 Å². The molecule has 1 aromatic rings. The van der Waals surface area contributed by atoms with E-state index >= 15 is 0 Å². The first-order valence-corrected chi connectivity index (χ1v) is 8.54. The van der Waals surface area contributed by atoms with Crippen LogP contribution in [-0.2, 0) is 9.59 Å². The summed E-state index contributed by atoms with van der Waals surface area (Å²) in [5, 5.41) is 2.61. The molecule has 1 fully saturated rings. The minimum Gasteiger partial charge on any atom is -0.359 e. The van der Waals surface area contributed by atoms with Crippen LogP contribution in [0.2, 0.25) is 0 Å². The van der Waals surface area contributed by atoms with Crippen LogP contribution in [0.3, 0.4) is 0 Å². The number of hydrogen-bond acceptors (Lipinski definition) is 3. The van der Waals surface area contributed by atoms with Crippen LogP contribution in [0, 0.1) is 17.6 Å². The zero-order valence-electron chi connectivity index (χ0n) is 13.0. The molecule has 1 aromatic carbocycles. The maximum Gasteiger partial charge on any atom is 0.232 e. The molecular formula is C16H20F2N2O2S. The van der Waals surface area contributed by atoms with Gasteiger partial charge in [-0.05, 0) is 37.0 Å². The van der Waals surface area contributed by atoms with Gasteiger partial charge >= 0.3 is 0 Å². The van der Waals surface area contributed by atoms with Crippen molar-refractivity contribution in [3.05, 3.63) is 29.8 Å². The molecule has 7 heteroatoms. The number of piperidine rings is 1. The number of hydrogen-bond donors (Lipinski definition) is 1. The molecule has 0 unspecified atom stereocenters. The third-order valence-electron chi connectivity index (χ3n) is 3.97. The fraction of sp³-hybridized carbons (Fsp3) is 0.500. The maximum absolute atomic E-state index is 13.1. The van der Waals surface area contributed by atoms with E-state index in [1.54, 1.807) is 11.9 Å². The van der Waals surface area contributed by atoms with E-state index in [0.717, 1.165) is 25.0 Å². The SMILES string of the molecule is CNC(=O)CC1CCN(C(=O)CSc2ccc(F)c(F)c2)CC1. The second-order valence-corrected chi connectivity index (χ2v) is 6.61. The molecule has 1 heterocycles. The molecule has 1 N–H and O–H groups in total. The first kappa shape index (κ1) is 17.7. The van der Waals surface area contributed by atoms with E-state index in [0.29, 0.717) is 30.3 Å². The Bertz CT molecular complexity index is 575. The number of likely N-dealkylation sites (tertiary alicyclic amines) is 1. The van der Waals surface area contributed by atoms with Gasteiger partial charge in [0, 0.05) is 31.5 Å². The highest BCUT2D eigenvalue weighted by molar-refractivity contribution is 8.00. The van der Waals surface area contributed by atoms with Crippen molar-refractivity contribution in [1.82, 2.24) is 10.2 Å². The number of thioether (sulfide) groups is 1. The molecule has 0 atom stereocenters. The number of nitrogens with one attached hydrogen (secondary N) is 1.